The minimum absolute atomic E-state index is 0.223. The van der Waals surface area contributed by atoms with Crippen LogP contribution in [-0.4, -0.2) is 46.7 Å². The standard InChI is InChI=1S/C35H52N2O3S2/c1-2-3-4-5-8-12-18-23-31-24-25-33(38)37(31)26-28-41-35-36-32(29-42-35)34(39)40-27-19-13-10-7-6-9-11-15-20-30-21-16-14-17-22-30/h14,16-18,21-23,29,31H,2-13,15,19-20,24-28H2,1H3/t31-/m0/s1. The molecular formula is C35H52N2O3S2. The highest BCUT2D eigenvalue weighted by molar-refractivity contribution is 8.01. The maximum Gasteiger partial charge on any atom is 0.357 e. The van der Waals surface area contributed by atoms with Gasteiger partial charge in [0.05, 0.1) is 12.6 Å². The van der Waals surface area contributed by atoms with E-state index in [1.807, 2.05) is 4.90 Å². The lowest BCUT2D eigenvalue weighted by Gasteiger charge is -2.22. The summed E-state index contributed by atoms with van der Waals surface area (Å²) in [7, 11) is 0. The largest absolute Gasteiger partial charge is 0.461 e. The number of carbonyl (C=O) groups is 2. The Morgan fingerprint density at radius 2 is 1.71 bits per heavy atom. The Bertz CT molecular complexity index is 1040. The Morgan fingerprint density at radius 3 is 2.50 bits per heavy atom. The van der Waals surface area contributed by atoms with Gasteiger partial charge in [0.25, 0.3) is 0 Å². The lowest BCUT2D eigenvalue weighted by molar-refractivity contribution is -0.128. The Labute approximate surface area is 262 Å². The summed E-state index contributed by atoms with van der Waals surface area (Å²) < 4.78 is 6.32. The molecule has 0 aliphatic carbocycles. The number of amides is 1. The molecule has 1 aromatic heterocycles. The SMILES string of the molecule is CCCCCCCC=C[C@H]1CCC(=O)N1CCSc1nc(C(=O)OCCCCCCCCCCc2ccccc2)cs1. The van der Waals surface area contributed by atoms with Crippen LogP contribution in [0.15, 0.2) is 52.2 Å². The van der Waals surface area contributed by atoms with E-state index in [-0.39, 0.29) is 17.9 Å². The lowest BCUT2D eigenvalue weighted by atomic mass is 10.0. The summed E-state index contributed by atoms with van der Waals surface area (Å²) in [6, 6.07) is 11.0. The molecule has 0 saturated carbocycles. The van der Waals surface area contributed by atoms with Crippen molar-refractivity contribution in [2.45, 2.75) is 126 Å². The van der Waals surface area contributed by atoms with Gasteiger partial charge in [0, 0.05) is 24.1 Å². The zero-order valence-electron chi connectivity index (χ0n) is 25.8. The molecule has 0 radical (unpaired) electrons. The molecule has 2 aromatic rings. The molecule has 1 fully saturated rings. The number of thiazole rings is 1. The van der Waals surface area contributed by atoms with Crippen LogP contribution in [0.5, 0.6) is 0 Å². The van der Waals surface area contributed by atoms with Crippen molar-refractivity contribution in [1.29, 1.82) is 0 Å². The van der Waals surface area contributed by atoms with Gasteiger partial charge in [-0.3, -0.25) is 4.79 Å². The molecule has 1 amide bonds. The van der Waals surface area contributed by atoms with Gasteiger partial charge in [-0.1, -0.05) is 125 Å². The van der Waals surface area contributed by atoms with E-state index < -0.39 is 0 Å². The van der Waals surface area contributed by atoms with Crippen molar-refractivity contribution in [1.82, 2.24) is 9.88 Å². The Hall–Kier alpha value is -2.12. The summed E-state index contributed by atoms with van der Waals surface area (Å²) in [5.74, 6) is 0.698. The van der Waals surface area contributed by atoms with Crippen LogP contribution in [0, 0.1) is 0 Å². The highest BCUT2D eigenvalue weighted by Gasteiger charge is 2.28. The number of aromatic nitrogens is 1. The van der Waals surface area contributed by atoms with E-state index in [2.05, 4.69) is 54.4 Å². The third-order valence-corrected chi connectivity index (χ3v) is 9.89. The van der Waals surface area contributed by atoms with Crippen LogP contribution in [0.25, 0.3) is 0 Å². The first-order valence-corrected chi connectivity index (χ1v) is 18.3. The smallest absolute Gasteiger partial charge is 0.357 e. The van der Waals surface area contributed by atoms with E-state index in [0.717, 1.165) is 35.8 Å². The molecule has 0 unspecified atom stereocenters. The number of hydrogen-bond acceptors (Lipinski definition) is 6. The second-order valence-corrected chi connectivity index (χ2v) is 13.6. The molecule has 1 aromatic carbocycles. The van der Waals surface area contributed by atoms with Gasteiger partial charge >= 0.3 is 5.97 Å². The van der Waals surface area contributed by atoms with Gasteiger partial charge in [-0.05, 0) is 44.1 Å². The first-order chi connectivity index (χ1) is 20.7. The monoisotopic (exact) mass is 612 g/mol. The van der Waals surface area contributed by atoms with Crippen LogP contribution in [0.2, 0.25) is 0 Å². The average molecular weight is 613 g/mol. The van der Waals surface area contributed by atoms with Crippen LogP contribution in [0.4, 0.5) is 0 Å². The number of thioether (sulfide) groups is 1. The number of allylic oxidation sites excluding steroid dienone is 1. The van der Waals surface area contributed by atoms with Gasteiger partial charge in [-0.15, -0.1) is 11.3 Å². The first-order valence-electron chi connectivity index (χ1n) is 16.4. The van der Waals surface area contributed by atoms with Crippen molar-refractivity contribution >= 4 is 35.0 Å². The summed E-state index contributed by atoms with van der Waals surface area (Å²) in [5, 5.41) is 1.79. The molecule has 5 nitrogen and oxygen atoms in total. The van der Waals surface area contributed by atoms with E-state index in [4.69, 9.17) is 4.74 Å². The van der Waals surface area contributed by atoms with Gasteiger partial charge in [-0.25, -0.2) is 9.78 Å². The van der Waals surface area contributed by atoms with Crippen LogP contribution < -0.4 is 0 Å². The van der Waals surface area contributed by atoms with E-state index >= 15 is 0 Å². The third-order valence-electron chi connectivity index (χ3n) is 7.89. The molecule has 1 aliphatic heterocycles. The van der Waals surface area contributed by atoms with Gasteiger partial charge in [0.1, 0.15) is 0 Å². The summed E-state index contributed by atoms with van der Waals surface area (Å²) in [5.41, 5.74) is 1.84. The Kier molecular flexibility index (Phi) is 17.6. The summed E-state index contributed by atoms with van der Waals surface area (Å²) in [6.07, 6.45) is 24.4. The van der Waals surface area contributed by atoms with Crippen molar-refractivity contribution in [3.05, 3.63) is 59.1 Å². The zero-order valence-corrected chi connectivity index (χ0v) is 27.4. The number of ether oxygens (including phenoxy) is 1. The Balaban J connectivity index is 1.19. The number of aryl methyl sites for hydroxylation is 1. The third kappa shape index (κ3) is 13.9. The van der Waals surface area contributed by atoms with Crippen molar-refractivity contribution in [2.24, 2.45) is 0 Å². The molecule has 0 N–H and O–H groups in total. The predicted octanol–water partition coefficient (Wildman–Crippen LogP) is 9.66. The van der Waals surface area contributed by atoms with E-state index in [9.17, 15) is 9.59 Å². The fraction of sp³-hybridized carbons (Fsp3) is 0.629. The van der Waals surface area contributed by atoms with E-state index in [1.54, 1.807) is 17.1 Å². The second kappa shape index (κ2) is 21.6. The van der Waals surface area contributed by atoms with E-state index in [1.165, 1.54) is 94.0 Å². The van der Waals surface area contributed by atoms with Gasteiger partial charge < -0.3 is 9.64 Å². The highest BCUT2D eigenvalue weighted by Crippen LogP contribution is 2.26. The average Bonchev–Trinajstić information content (AvgIpc) is 3.62. The van der Waals surface area contributed by atoms with Crippen LogP contribution >= 0.6 is 23.1 Å². The van der Waals surface area contributed by atoms with Crippen molar-refractivity contribution in [3.8, 4) is 0 Å². The molecule has 3 rings (SSSR count). The topological polar surface area (TPSA) is 59.5 Å². The normalized spacial score (nSPS) is 15.2. The van der Waals surface area contributed by atoms with Crippen LogP contribution in [-0.2, 0) is 16.0 Å². The maximum absolute atomic E-state index is 12.4. The summed E-state index contributed by atoms with van der Waals surface area (Å²) >= 11 is 3.09. The molecule has 7 heteroatoms. The number of carbonyl (C=O) groups excluding carboxylic acids is 2. The molecule has 1 aliphatic rings. The van der Waals surface area contributed by atoms with Crippen molar-refractivity contribution in [3.63, 3.8) is 0 Å². The number of nitrogens with zero attached hydrogens (tertiary/aromatic N) is 2. The molecule has 0 spiro atoms. The maximum atomic E-state index is 12.4. The van der Waals surface area contributed by atoms with Crippen LogP contribution in [0.1, 0.15) is 126 Å². The van der Waals surface area contributed by atoms with Crippen molar-refractivity contribution in [2.75, 3.05) is 18.9 Å². The van der Waals surface area contributed by atoms with Gasteiger partial charge in [-0.2, -0.15) is 0 Å². The quantitative estimate of drug-likeness (QED) is 0.0541. The number of esters is 1. The Morgan fingerprint density at radius 1 is 1.00 bits per heavy atom. The number of unbranched alkanes of at least 4 members (excludes halogenated alkanes) is 12. The predicted molar refractivity (Wildman–Crippen MR) is 177 cm³/mol. The van der Waals surface area contributed by atoms with Crippen LogP contribution in [0.3, 0.4) is 0 Å². The fourth-order valence-electron chi connectivity index (χ4n) is 5.39. The minimum atomic E-state index is -0.328. The molecule has 42 heavy (non-hydrogen) atoms. The lowest BCUT2D eigenvalue weighted by Crippen LogP contribution is -2.33. The second-order valence-electron chi connectivity index (χ2n) is 11.4. The molecular weight excluding hydrogens is 561 g/mol. The fourth-order valence-corrected chi connectivity index (χ4v) is 7.19. The van der Waals surface area contributed by atoms with Gasteiger partial charge in [0.15, 0.2) is 10.0 Å². The minimum Gasteiger partial charge on any atom is -0.461 e. The summed E-state index contributed by atoms with van der Waals surface area (Å²) in [6.45, 7) is 3.41. The first kappa shape index (κ1) is 34.4. The molecule has 1 atom stereocenters. The van der Waals surface area contributed by atoms with Crippen molar-refractivity contribution < 1.29 is 14.3 Å². The number of hydrogen-bond donors (Lipinski definition) is 0. The van der Waals surface area contributed by atoms with Gasteiger partial charge in [0.2, 0.25) is 5.91 Å². The highest BCUT2D eigenvalue weighted by atomic mass is 32.2. The number of likely N-dealkylation sites (tertiary alicyclic amines) is 1. The zero-order chi connectivity index (χ0) is 29.7. The molecule has 2 heterocycles. The molecule has 232 valence electrons. The summed E-state index contributed by atoms with van der Waals surface area (Å²) in [4.78, 5) is 31.3. The molecule has 0 bridgehead atoms. The molecule has 1 saturated heterocycles. The number of rotatable bonds is 23. The van der Waals surface area contributed by atoms with E-state index in [0.29, 0.717) is 25.3 Å². The number of benzene rings is 1.